The van der Waals surface area contributed by atoms with Gasteiger partial charge in [-0.25, -0.2) is 9.78 Å². The van der Waals surface area contributed by atoms with E-state index in [1.165, 1.54) is 11.6 Å². The van der Waals surface area contributed by atoms with Crippen molar-refractivity contribution < 1.29 is 9.18 Å². The number of likely N-dealkylation sites (tertiary alicyclic amines) is 1. The molecule has 1 unspecified atom stereocenters. The predicted molar refractivity (Wildman–Crippen MR) is 90.6 cm³/mol. The number of benzene rings is 1. The van der Waals surface area contributed by atoms with Crippen molar-refractivity contribution in [1.82, 2.24) is 9.88 Å². The Kier molecular flexibility index (Phi) is 3.92. The average Bonchev–Trinajstić information content (AvgIpc) is 3.11. The highest BCUT2D eigenvalue weighted by atomic mass is 19.1. The molecule has 3 heterocycles. The normalized spacial score (nSPS) is 20.1. The van der Waals surface area contributed by atoms with E-state index in [0.717, 1.165) is 43.6 Å². The lowest BCUT2D eigenvalue weighted by molar-refractivity contribution is 0.214. The zero-order valence-corrected chi connectivity index (χ0v) is 13.5. The minimum absolute atomic E-state index is 0.0831. The Labute approximate surface area is 140 Å². The van der Waals surface area contributed by atoms with Gasteiger partial charge in [-0.1, -0.05) is 24.3 Å². The monoisotopic (exact) mass is 325 g/mol. The van der Waals surface area contributed by atoms with Crippen LogP contribution < -0.4 is 4.90 Å². The van der Waals surface area contributed by atoms with Crippen LogP contribution in [0.2, 0.25) is 0 Å². The van der Waals surface area contributed by atoms with Gasteiger partial charge in [-0.15, -0.1) is 0 Å². The summed E-state index contributed by atoms with van der Waals surface area (Å²) in [6.07, 6.45) is 4.52. The SMILES string of the molecule is O=C(N1CCC(c2ccc(F)nc2)C1)N1CCCc2ccccc21. The number of anilines is 1. The molecule has 0 bridgehead atoms. The molecule has 0 aliphatic carbocycles. The quantitative estimate of drug-likeness (QED) is 0.751. The van der Waals surface area contributed by atoms with Crippen molar-refractivity contribution in [2.75, 3.05) is 24.5 Å². The van der Waals surface area contributed by atoms with Crippen LogP contribution in [-0.4, -0.2) is 35.5 Å². The Balaban J connectivity index is 1.49. The lowest BCUT2D eigenvalue weighted by atomic mass is 10.0. The Morgan fingerprint density at radius 2 is 2.04 bits per heavy atom. The highest BCUT2D eigenvalue weighted by molar-refractivity contribution is 5.93. The van der Waals surface area contributed by atoms with E-state index in [1.807, 2.05) is 28.0 Å². The first-order valence-corrected chi connectivity index (χ1v) is 8.48. The molecule has 0 saturated carbocycles. The number of hydrogen-bond acceptors (Lipinski definition) is 2. The standard InChI is InChI=1S/C19H20FN3O/c20-18-8-7-15(12-21-18)16-9-11-22(13-16)19(24)23-10-3-5-14-4-1-2-6-17(14)23/h1-2,4,6-8,12,16H,3,5,9-11,13H2. The molecule has 2 aromatic rings. The van der Waals surface area contributed by atoms with Gasteiger partial charge >= 0.3 is 6.03 Å². The van der Waals surface area contributed by atoms with E-state index in [2.05, 4.69) is 11.1 Å². The topological polar surface area (TPSA) is 36.4 Å². The molecule has 4 rings (SSSR count). The summed E-state index contributed by atoms with van der Waals surface area (Å²) in [5.74, 6) is -0.225. The number of pyridine rings is 1. The average molecular weight is 325 g/mol. The van der Waals surface area contributed by atoms with Crippen LogP contribution in [0.4, 0.5) is 14.9 Å². The predicted octanol–water partition coefficient (Wildman–Crippen LogP) is 3.58. The van der Waals surface area contributed by atoms with Crippen LogP contribution in [0.15, 0.2) is 42.6 Å². The number of carbonyl (C=O) groups is 1. The number of halogens is 1. The number of aromatic nitrogens is 1. The van der Waals surface area contributed by atoms with Crippen LogP contribution in [0.1, 0.15) is 29.9 Å². The second kappa shape index (κ2) is 6.23. The highest BCUT2D eigenvalue weighted by Crippen LogP contribution is 2.31. The van der Waals surface area contributed by atoms with Gasteiger partial charge in [-0.05, 0) is 42.5 Å². The Bertz CT molecular complexity index is 747. The van der Waals surface area contributed by atoms with Crippen LogP contribution in [0.25, 0.3) is 0 Å². The molecular weight excluding hydrogens is 305 g/mol. The van der Waals surface area contributed by atoms with Crippen LogP contribution in [0, 0.1) is 5.95 Å². The van der Waals surface area contributed by atoms with E-state index < -0.39 is 5.95 Å². The molecule has 1 aromatic carbocycles. The number of amides is 2. The second-order valence-electron chi connectivity index (χ2n) is 6.51. The number of hydrogen-bond donors (Lipinski definition) is 0. The summed E-state index contributed by atoms with van der Waals surface area (Å²) >= 11 is 0. The third kappa shape index (κ3) is 2.75. The van der Waals surface area contributed by atoms with Gasteiger partial charge in [0.15, 0.2) is 0 Å². The first-order valence-electron chi connectivity index (χ1n) is 8.48. The molecule has 24 heavy (non-hydrogen) atoms. The largest absolute Gasteiger partial charge is 0.324 e. The molecule has 1 aromatic heterocycles. The van der Waals surface area contributed by atoms with Crippen molar-refractivity contribution in [2.45, 2.75) is 25.2 Å². The third-order valence-electron chi connectivity index (χ3n) is 5.02. The van der Waals surface area contributed by atoms with Crippen LogP contribution in [-0.2, 0) is 6.42 Å². The fourth-order valence-corrected chi connectivity index (χ4v) is 3.74. The third-order valence-corrected chi connectivity index (χ3v) is 5.02. The molecule has 0 spiro atoms. The maximum Gasteiger partial charge on any atom is 0.324 e. The number of urea groups is 1. The number of rotatable bonds is 1. The summed E-state index contributed by atoms with van der Waals surface area (Å²) in [5.41, 5.74) is 3.29. The Hall–Kier alpha value is -2.43. The molecule has 124 valence electrons. The van der Waals surface area contributed by atoms with Gasteiger partial charge in [0.1, 0.15) is 0 Å². The summed E-state index contributed by atoms with van der Waals surface area (Å²) < 4.78 is 13.0. The fraction of sp³-hybridized carbons (Fsp3) is 0.368. The van der Waals surface area contributed by atoms with Gasteiger partial charge in [-0.2, -0.15) is 4.39 Å². The summed E-state index contributed by atoms with van der Waals surface area (Å²) in [5, 5.41) is 0. The first kappa shape index (κ1) is 15.1. The van der Waals surface area contributed by atoms with Crippen molar-refractivity contribution >= 4 is 11.7 Å². The lowest BCUT2D eigenvalue weighted by Crippen LogP contribution is -2.44. The summed E-state index contributed by atoms with van der Waals surface area (Å²) in [6, 6.07) is 11.4. The lowest BCUT2D eigenvalue weighted by Gasteiger charge is -2.32. The van der Waals surface area contributed by atoms with E-state index in [9.17, 15) is 9.18 Å². The van der Waals surface area contributed by atoms with Gasteiger partial charge in [-0.3, -0.25) is 4.90 Å². The maximum absolute atomic E-state index is 13.0. The van der Waals surface area contributed by atoms with Crippen molar-refractivity contribution in [3.63, 3.8) is 0 Å². The maximum atomic E-state index is 13.0. The molecule has 1 fully saturated rings. The van der Waals surface area contributed by atoms with Gasteiger partial charge in [0.2, 0.25) is 5.95 Å². The molecule has 1 atom stereocenters. The molecule has 0 radical (unpaired) electrons. The van der Waals surface area contributed by atoms with Crippen molar-refractivity contribution in [3.8, 4) is 0 Å². The van der Waals surface area contributed by atoms with Crippen molar-refractivity contribution in [2.24, 2.45) is 0 Å². The van der Waals surface area contributed by atoms with Gasteiger partial charge in [0.25, 0.3) is 0 Å². The van der Waals surface area contributed by atoms with E-state index in [0.29, 0.717) is 6.54 Å². The smallest absolute Gasteiger partial charge is 0.324 e. The molecular formula is C19H20FN3O. The molecule has 0 N–H and O–H groups in total. The van der Waals surface area contributed by atoms with E-state index in [4.69, 9.17) is 0 Å². The highest BCUT2D eigenvalue weighted by Gasteiger charge is 2.32. The molecule has 2 aliphatic heterocycles. The number of aryl methyl sites for hydroxylation is 1. The molecule has 5 heteroatoms. The van der Waals surface area contributed by atoms with Crippen molar-refractivity contribution in [3.05, 3.63) is 59.7 Å². The van der Waals surface area contributed by atoms with E-state index >= 15 is 0 Å². The summed E-state index contributed by atoms with van der Waals surface area (Å²) in [4.78, 5) is 20.5. The minimum atomic E-state index is -0.463. The fourth-order valence-electron chi connectivity index (χ4n) is 3.74. The van der Waals surface area contributed by atoms with E-state index in [1.54, 1.807) is 12.3 Å². The zero-order valence-electron chi connectivity index (χ0n) is 13.5. The molecule has 4 nitrogen and oxygen atoms in total. The Morgan fingerprint density at radius 3 is 2.88 bits per heavy atom. The number of fused-ring (bicyclic) bond motifs is 1. The number of carbonyl (C=O) groups excluding carboxylic acids is 1. The Morgan fingerprint density at radius 1 is 1.17 bits per heavy atom. The number of para-hydroxylation sites is 1. The molecule has 2 aliphatic rings. The van der Waals surface area contributed by atoms with Crippen molar-refractivity contribution in [1.29, 1.82) is 0 Å². The summed E-state index contributed by atoms with van der Waals surface area (Å²) in [6.45, 7) is 2.18. The van der Waals surface area contributed by atoms with Crippen LogP contribution >= 0.6 is 0 Å². The second-order valence-corrected chi connectivity index (χ2v) is 6.51. The molecule has 2 amide bonds. The first-order chi connectivity index (χ1) is 11.7. The van der Waals surface area contributed by atoms with E-state index in [-0.39, 0.29) is 11.9 Å². The zero-order chi connectivity index (χ0) is 16.5. The van der Waals surface area contributed by atoms with Crippen LogP contribution in [0.5, 0.6) is 0 Å². The van der Waals surface area contributed by atoms with Gasteiger partial charge in [0, 0.05) is 37.4 Å². The van der Waals surface area contributed by atoms with Gasteiger partial charge < -0.3 is 4.90 Å². The summed E-state index contributed by atoms with van der Waals surface area (Å²) in [7, 11) is 0. The van der Waals surface area contributed by atoms with Crippen LogP contribution in [0.3, 0.4) is 0 Å². The minimum Gasteiger partial charge on any atom is -0.324 e. The number of nitrogens with zero attached hydrogens (tertiary/aromatic N) is 3. The molecule has 1 saturated heterocycles. The van der Waals surface area contributed by atoms with Gasteiger partial charge in [0.05, 0.1) is 0 Å².